The average Bonchev–Trinajstić information content (AvgIpc) is 3.22. The van der Waals surface area contributed by atoms with Gasteiger partial charge in [-0.2, -0.15) is 0 Å². The van der Waals surface area contributed by atoms with Crippen molar-refractivity contribution in [2.24, 2.45) is 0 Å². The first-order valence-electron chi connectivity index (χ1n) is 7.32. The molecule has 4 aromatic rings. The Morgan fingerprint density at radius 3 is 2.72 bits per heavy atom. The van der Waals surface area contributed by atoms with Crippen molar-refractivity contribution in [3.8, 4) is 0 Å². The number of para-hydroxylation sites is 1. The molecule has 0 bridgehead atoms. The lowest BCUT2D eigenvalue weighted by atomic mass is 10.3. The fraction of sp³-hybridized carbons (Fsp3) is 0. The zero-order valence-electron chi connectivity index (χ0n) is 12.7. The zero-order chi connectivity index (χ0) is 17.2. The van der Waals surface area contributed by atoms with Gasteiger partial charge in [0.2, 0.25) is 0 Å². The molecule has 1 amide bonds. The van der Waals surface area contributed by atoms with Crippen LogP contribution in [0.4, 0.5) is 16.0 Å². The van der Waals surface area contributed by atoms with E-state index in [1.165, 1.54) is 22.7 Å². The first-order valence-corrected chi connectivity index (χ1v) is 9.40. The number of benzene rings is 2. The number of anilines is 3. The SMILES string of the molecule is O=C(Nc1nc2ccc(Cl)cc2s1)c1csc(Nc2ccccc2)n1. The summed E-state index contributed by atoms with van der Waals surface area (Å²) in [7, 11) is 0. The molecular weight excluding hydrogens is 376 g/mol. The van der Waals surface area contributed by atoms with Crippen molar-refractivity contribution >= 4 is 66.3 Å². The van der Waals surface area contributed by atoms with Crippen LogP contribution in [0.1, 0.15) is 10.5 Å². The Balaban J connectivity index is 1.49. The Bertz CT molecular complexity index is 1050. The molecule has 124 valence electrons. The largest absolute Gasteiger partial charge is 0.332 e. The number of nitrogens with zero attached hydrogens (tertiary/aromatic N) is 2. The van der Waals surface area contributed by atoms with Gasteiger partial charge in [-0.05, 0) is 30.3 Å². The third kappa shape index (κ3) is 3.63. The predicted octanol–water partition coefficient (Wildman–Crippen LogP) is 5.40. The molecule has 4 rings (SSSR count). The summed E-state index contributed by atoms with van der Waals surface area (Å²) in [4.78, 5) is 21.1. The fourth-order valence-electron chi connectivity index (χ4n) is 2.19. The maximum atomic E-state index is 12.4. The monoisotopic (exact) mass is 386 g/mol. The van der Waals surface area contributed by atoms with Crippen LogP contribution in [0, 0.1) is 0 Å². The average molecular weight is 387 g/mol. The number of hydrogen-bond acceptors (Lipinski definition) is 6. The lowest BCUT2D eigenvalue weighted by Gasteiger charge is -2.01. The van der Waals surface area contributed by atoms with Crippen LogP contribution >= 0.6 is 34.3 Å². The highest BCUT2D eigenvalue weighted by molar-refractivity contribution is 7.22. The summed E-state index contributed by atoms with van der Waals surface area (Å²) in [5.41, 5.74) is 2.07. The van der Waals surface area contributed by atoms with Gasteiger partial charge >= 0.3 is 0 Å². The van der Waals surface area contributed by atoms with Gasteiger partial charge in [-0.25, -0.2) is 9.97 Å². The second kappa shape index (κ2) is 6.79. The second-order valence-electron chi connectivity index (χ2n) is 5.11. The summed E-state index contributed by atoms with van der Waals surface area (Å²) in [6, 6.07) is 15.1. The topological polar surface area (TPSA) is 66.9 Å². The minimum Gasteiger partial charge on any atom is -0.332 e. The van der Waals surface area contributed by atoms with Crippen LogP contribution in [0.3, 0.4) is 0 Å². The molecule has 0 aliphatic heterocycles. The molecule has 0 fully saturated rings. The fourth-order valence-corrected chi connectivity index (χ4v) is 4.04. The van der Waals surface area contributed by atoms with Gasteiger partial charge in [-0.1, -0.05) is 41.1 Å². The van der Waals surface area contributed by atoms with Crippen LogP contribution in [-0.4, -0.2) is 15.9 Å². The van der Waals surface area contributed by atoms with E-state index in [1.807, 2.05) is 42.5 Å². The number of nitrogens with one attached hydrogen (secondary N) is 2. The van der Waals surface area contributed by atoms with Crippen molar-refractivity contribution in [1.82, 2.24) is 9.97 Å². The summed E-state index contributed by atoms with van der Waals surface area (Å²) in [5.74, 6) is -0.289. The van der Waals surface area contributed by atoms with Crippen molar-refractivity contribution in [3.05, 3.63) is 64.6 Å². The number of rotatable bonds is 4. The molecule has 0 aliphatic carbocycles. The van der Waals surface area contributed by atoms with Crippen LogP contribution < -0.4 is 10.6 Å². The highest BCUT2D eigenvalue weighted by Crippen LogP contribution is 2.29. The van der Waals surface area contributed by atoms with Crippen LogP contribution in [0.2, 0.25) is 5.02 Å². The Morgan fingerprint density at radius 1 is 1.04 bits per heavy atom. The van der Waals surface area contributed by atoms with E-state index in [4.69, 9.17) is 11.6 Å². The molecule has 25 heavy (non-hydrogen) atoms. The highest BCUT2D eigenvalue weighted by Gasteiger charge is 2.14. The molecule has 2 heterocycles. The first-order chi connectivity index (χ1) is 12.2. The summed E-state index contributed by atoms with van der Waals surface area (Å²) in [6.45, 7) is 0. The molecule has 0 spiro atoms. The number of carbonyl (C=O) groups is 1. The Hall–Kier alpha value is -2.48. The van der Waals surface area contributed by atoms with Gasteiger partial charge in [0.1, 0.15) is 5.69 Å². The van der Waals surface area contributed by atoms with Crippen molar-refractivity contribution in [2.75, 3.05) is 10.6 Å². The normalized spacial score (nSPS) is 10.8. The molecule has 0 saturated heterocycles. The van der Waals surface area contributed by atoms with Crippen LogP contribution in [0.25, 0.3) is 10.2 Å². The number of halogens is 1. The quantitative estimate of drug-likeness (QED) is 0.492. The van der Waals surface area contributed by atoms with Gasteiger partial charge in [0, 0.05) is 16.1 Å². The van der Waals surface area contributed by atoms with E-state index in [0.29, 0.717) is 21.0 Å². The molecule has 0 unspecified atom stereocenters. The van der Waals surface area contributed by atoms with Gasteiger partial charge in [0.25, 0.3) is 5.91 Å². The van der Waals surface area contributed by atoms with Crippen LogP contribution in [0.15, 0.2) is 53.9 Å². The lowest BCUT2D eigenvalue weighted by molar-refractivity contribution is 0.102. The second-order valence-corrected chi connectivity index (χ2v) is 7.44. The van der Waals surface area contributed by atoms with Gasteiger partial charge in [-0.15, -0.1) is 11.3 Å². The minimum atomic E-state index is -0.289. The Morgan fingerprint density at radius 2 is 1.88 bits per heavy atom. The smallest absolute Gasteiger partial charge is 0.276 e. The molecule has 0 radical (unpaired) electrons. The maximum Gasteiger partial charge on any atom is 0.276 e. The molecule has 8 heteroatoms. The van der Waals surface area contributed by atoms with Crippen molar-refractivity contribution < 1.29 is 4.79 Å². The van der Waals surface area contributed by atoms with Crippen molar-refractivity contribution in [2.45, 2.75) is 0 Å². The van der Waals surface area contributed by atoms with Gasteiger partial charge in [0.05, 0.1) is 10.2 Å². The third-order valence-electron chi connectivity index (χ3n) is 3.33. The van der Waals surface area contributed by atoms with E-state index in [1.54, 1.807) is 11.4 Å². The first kappa shape index (κ1) is 16.0. The number of hydrogen-bond donors (Lipinski definition) is 2. The predicted molar refractivity (Wildman–Crippen MR) is 104 cm³/mol. The van der Waals surface area contributed by atoms with Crippen LogP contribution in [0.5, 0.6) is 0 Å². The number of aromatic nitrogens is 2. The van der Waals surface area contributed by atoms with Gasteiger partial charge in [-0.3, -0.25) is 10.1 Å². The lowest BCUT2D eigenvalue weighted by Crippen LogP contribution is -2.12. The minimum absolute atomic E-state index is 0.289. The van der Waals surface area contributed by atoms with Crippen molar-refractivity contribution in [1.29, 1.82) is 0 Å². The maximum absolute atomic E-state index is 12.4. The van der Waals surface area contributed by atoms with E-state index in [0.717, 1.165) is 15.9 Å². The summed E-state index contributed by atoms with van der Waals surface area (Å²) in [6.07, 6.45) is 0. The Kier molecular flexibility index (Phi) is 4.35. The molecule has 2 aromatic carbocycles. The molecule has 0 aliphatic rings. The zero-order valence-corrected chi connectivity index (χ0v) is 15.1. The molecule has 2 N–H and O–H groups in total. The molecule has 0 atom stereocenters. The number of thiazole rings is 2. The van der Waals surface area contributed by atoms with E-state index in [-0.39, 0.29) is 5.91 Å². The number of amides is 1. The molecule has 0 saturated carbocycles. The van der Waals surface area contributed by atoms with Crippen molar-refractivity contribution in [3.63, 3.8) is 0 Å². The summed E-state index contributed by atoms with van der Waals surface area (Å²) < 4.78 is 0.924. The van der Waals surface area contributed by atoms with Gasteiger partial charge in [0.15, 0.2) is 10.3 Å². The standard InChI is InChI=1S/C17H11ClN4OS2/c18-10-6-7-12-14(8-10)25-17(20-12)22-15(23)13-9-24-16(21-13)19-11-4-2-1-3-5-11/h1-9H,(H,19,21)(H,20,22,23). The van der Waals surface area contributed by atoms with Gasteiger partial charge < -0.3 is 5.32 Å². The highest BCUT2D eigenvalue weighted by atomic mass is 35.5. The van der Waals surface area contributed by atoms with E-state index >= 15 is 0 Å². The van der Waals surface area contributed by atoms with Crippen LogP contribution in [-0.2, 0) is 0 Å². The molecule has 2 aromatic heterocycles. The third-order valence-corrected chi connectivity index (χ3v) is 5.26. The summed E-state index contributed by atoms with van der Waals surface area (Å²) >= 11 is 8.72. The summed E-state index contributed by atoms with van der Waals surface area (Å²) in [5, 5.41) is 9.49. The number of fused-ring (bicyclic) bond motifs is 1. The van der Waals surface area contributed by atoms with E-state index < -0.39 is 0 Å². The number of carbonyl (C=O) groups excluding carboxylic acids is 1. The Labute approximate surface area is 156 Å². The van der Waals surface area contributed by atoms with E-state index in [9.17, 15) is 4.79 Å². The molecule has 5 nitrogen and oxygen atoms in total. The van der Waals surface area contributed by atoms with E-state index in [2.05, 4.69) is 20.6 Å². The molecular formula is C17H11ClN4OS2.